The first-order chi connectivity index (χ1) is 9.60. The molecule has 0 atom stereocenters. The fourth-order valence-corrected chi connectivity index (χ4v) is 5.33. The summed E-state index contributed by atoms with van der Waals surface area (Å²) in [7, 11) is 0. The number of aromatic nitrogens is 1. The number of rotatable bonds is 3. The van der Waals surface area contributed by atoms with Gasteiger partial charge in [0, 0.05) is 15.2 Å². The fourth-order valence-electron chi connectivity index (χ4n) is 2.88. The minimum absolute atomic E-state index is 0.191. The minimum Gasteiger partial charge on any atom is -0.319 e. The van der Waals surface area contributed by atoms with Crippen molar-refractivity contribution in [1.82, 2.24) is 4.98 Å². The zero-order valence-electron chi connectivity index (χ0n) is 11.6. The number of hydrogen-bond acceptors (Lipinski definition) is 4. The molecular formula is C15H19BrN2S2. The molecule has 0 saturated heterocycles. The maximum Gasteiger partial charge on any atom is 0.113 e. The molecule has 20 heavy (non-hydrogen) atoms. The first-order valence-electron chi connectivity index (χ1n) is 7.10. The van der Waals surface area contributed by atoms with Gasteiger partial charge in [-0.3, -0.25) is 0 Å². The number of hydrogen-bond donors (Lipinski definition) is 1. The van der Waals surface area contributed by atoms with Crippen molar-refractivity contribution >= 4 is 38.6 Å². The summed E-state index contributed by atoms with van der Waals surface area (Å²) in [5, 5.41) is 5.36. The van der Waals surface area contributed by atoms with Crippen molar-refractivity contribution < 1.29 is 0 Å². The normalized spacial score (nSPS) is 26.9. The van der Waals surface area contributed by atoms with Crippen LogP contribution in [0.25, 0.3) is 10.6 Å². The third kappa shape index (κ3) is 2.86. The second-order valence-corrected chi connectivity index (χ2v) is 8.36. The molecule has 0 amide bonds. The van der Waals surface area contributed by atoms with E-state index in [1.807, 2.05) is 0 Å². The van der Waals surface area contributed by atoms with Crippen LogP contribution in [-0.4, -0.2) is 4.98 Å². The van der Waals surface area contributed by atoms with Crippen LogP contribution in [0.15, 0.2) is 21.3 Å². The molecule has 108 valence electrons. The van der Waals surface area contributed by atoms with Crippen LogP contribution in [0.2, 0.25) is 0 Å². The molecule has 2 heterocycles. The smallest absolute Gasteiger partial charge is 0.113 e. The SMILES string of the molecule is CCC1CCC(N)(c2nc(-c3cc(Br)cs3)cs2)CC1. The molecule has 3 rings (SSSR count). The van der Waals surface area contributed by atoms with Crippen LogP contribution < -0.4 is 5.73 Å². The lowest BCUT2D eigenvalue weighted by molar-refractivity contribution is 0.231. The van der Waals surface area contributed by atoms with Crippen LogP contribution in [0.3, 0.4) is 0 Å². The van der Waals surface area contributed by atoms with Gasteiger partial charge < -0.3 is 5.73 Å². The van der Waals surface area contributed by atoms with Crippen molar-refractivity contribution in [3.63, 3.8) is 0 Å². The first kappa shape index (κ1) is 14.7. The Morgan fingerprint density at radius 1 is 1.35 bits per heavy atom. The van der Waals surface area contributed by atoms with E-state index in [1.165, 1.54) is 24.1 Å². The molecular weight excluding hydrogens is 352 g/mol. The molecule has 1 aliphatic rings. The van der Waals surface area contributed by atoms with Gasteiger partial charge in [-0.1, -0.05) is 13.3 Å². The Kier molecular flexibility index (Phi) is 4.32. The van der Waals surface area contributed by atoms with Crippen molar-refractivity contribution in [2.24, 2.45) is 11.7 Å². The minimum atomic E-state index is -0.191. The van der Waals surface area contributed by atoms with Crippen molar-refractivity contribution in [3.05, 3.63) is 26.3 Å². The van der Waals surface area contributed by atoms with Gasteiger partial charge >= 0.3 is 0 Å². The van der Waals surface area contributed by atoms with Crippen molar-refractivity contribution in [2.75, 3.05) is 0 Å². The van der Waals surface area contributed by atoms with Crippen LogP contribution in [0, 0.1) is 5.92 Å². The summed E-state index contributed by atoms with van der Waals surface area (Å²) in [6.45, 7) is 2.28. The lowest BCUT2D eigenvalue weighted by Crippen LogP contribution is -2.40. The maximum absolute atomic E-state index is 6.64. The molecule has 2 aromatic rings. The predicted molar refractivity (Wildman–Crippen MR) is 91.2 cm³/mol. The fraction of sp³-hybridized carbons (Fsp3) is 0.533. The summed E-state index contributed by atoms with van der Waals surface area (Å²) in [6.07, 6.45) is 5.92. The Labute approximate surface area is 136 Å². The van der Waals surface area contributed by atoms with Gasteiger partial charge in [0.2, 0.25) is 0 Å². The van der Waals surface area contributed by atoms with E-state index in [0.717, 1.165) is 33.9 Å². The van der Waals surface area contributed by atoms with E-state index in [-0.39, 0.29) is 5.54 Å². The summed E-state index contributed by atoms with van der Waals surface area (Å²) < 4.78 is 1.12. The summed E-state index contributed by atoms with van der Waals surface area (Å²) in [6, 6.07) is 2.13. The van der Waals surface area contributed by atoms with Gasteiger partial charge in [0.15, 0.2) is 0 Å². The molecule has 0 unspecified atom stereocenters. The first-order valence-corrected chi connectivity index (χ1v) is 9.65. The van der Waals surface area contributed by atoms with E-state index < -0.39 is 0 Å². The highest BCUT2D eigenvalue weighted by molar-refractivity contribution is 9.10. The molecule has 0 spiro atoms. The number of thiazole rings is 1. The molecule has 2 N–H and O–H groups in total. The second kappa shape index (κ2) is 5.87. The third-order valence-corrected chi connectivity index (χ3v) is 7.10. The highest BCUT2D eigenvalue weighted by Gasteiger charge is 2.35. The lowest BCUT2D eigenvalue weighted by atomic mass is 9.76. The van der Waals surface area contributed by atoms with Crippen molar-refractivity contribution in [2.45, 2.75) is 44.6 Å². The molecule has 1 aliphatic carbocycles. The highest BCUT2D eigenvalue weighted by atomic mass is 79.9. The summed E-state index contributed by atoms with van der Waals surface area (Å²) >= 11 is 6.94. The topological polar surface area (TPSA) is 38.9 Å². The number of nitrogens with two attached hydrogens (primary N) is 1. The van der Waals surface area contributed by atoms with Gasteiger partial charge in [0.1, 0.15) is 5.01 Å². The predicted octanol–water partition coefficient (Wildman–Crippen LogP) is 5.39. The van der Waals surface area contributed by atoms with E-state index in [9.17, 15) is 0 Å². The van der Waals surface area contributed by atoms with Gasteiger partial charge in [0.25, 0.3) is 0 Å². The number of thiophene rings is 1. The Hall–Kier alpha value is -0.230. The van der Waals surface area contributed by atoms with E-state index in [4.69, 9.17) is 10.7 Å². The van der Waals surface area contributed by atoms with E-state index in [2.05, 4.69) is 39.7 Å². The molecule has 1 saturated carbocycles. The average molecular weight is 371 g/mol. The maximum atomic E-state index is 6.64. The Morgan fingerprint density at radius 2 is 2.10 bits per heavy atom. The third-order valence-electron chi connectivity index (χ3n) is 4.32. The van der Waals surface area contributed by atoms with Crippen LogP contribution in [0.4, 0.5) is 0 Å². The molecule has 0 aliphatic heterocycles. The second-order valence-electron chi connectivity index (χ2n) is 5.67. The summed E-state index contributed by atoms with van der Waals surface area (Å²) in [4.78, 5) is 6.04. The van der Waals surface area contributed by atoms with Gasteiger partial charge in [-0.05, 0) is 53.6 Å². The van der Waals surface area contributed by atoms with E-state index >= 15 is 0 Å². The van der Waals surface area contributed by atoms with Crippen molar-refractivity contribution in [3.8, 4) is 10.6 Å². The van der Waals surface area contributed by atoms with Gasteiger partial charge in [-0.25, -0.2) is 4.98 Å². The average Bonchev–Trinajstić information content (AvgIpc) is 3.08. The van der Waals surface area contributed by atoms with Crippen LogP contribution in [-0.2, 0) is 5.54 Å². The van der Waals surface area contributed by atoms with Gasteiger partial charge in [0.05, 0.1) is 16.1 Å². The zero-order chi connectivity index (χ0) is 14.2. The zero-order valence-corrected chi connectivity index (χ0v) is 14.8. The highest BCUT2D eigenvalue weighted by Crippen LogP contribution is 2.41. The summed E-state index contributed by atoms with van der Waals surface area (Å²) in [5.41, 5.74) is 7.52. The van der Waals surface area contributed by atoms with Crippen molar-refractivity contribution in [1.29, 1.82) is 0 Å². The summed E-state index contributed by atoms with van der Waals surface area (Å²) in [5.74, 6) is 0.861. The molecule has 0 aromatic carbocycles. The molecule has 1 fully saturated rings. The molecule has 0 bridgehead atoms. The van der Waals surface area contributed by atoms with E-state index in [0.29, 0.717) is 0 Å². The Bertz CT molecular complexity index is 582. The number of halogens is 1. The lowest BCUT2D eigenvalue weighted by Gasteiger charge is -2.35. The largest absolute Gasteiger partial charge is 0.319 e. The Balaban J connectivity index is 1.80. The monoisotopic (exact) mass is 370 g/mol. The van der Waals surface area contributed by atoms with Gasteiger partial charge in [-0.15, -0.1) is 22.7 Å². The molecule has 2 nitrogen and oxygen atoms in total. The van der Waals surface area contributed by atoms with Crippen LogP contribution in [0.1, 0.15) is 44.0 Å². The molecule has 0 radical (unpaired) electrons. The van der Waals surface area contributed by atoms with Crippen LogP contribution >= 0.6 is 38.6 Å². The molecule has 2 aromatic heterocycles. The van der Waals surface area contributed by atoms with Crippen LogP contribution in [0.5, 0.6) is 0 Å². The quantitative estimate of drug-likeness (QED) is 0.786. The van der Waals surface area contributed by atoms with E-state index in [1.54, 1.807) is 22.7 Å². The van der Waals surface area contributed by atoms with Gasteiger partial charge in [-0.2, -0.15) is 0 Å². The molecule has 5 heteroatoms. The standard InChI is InChI=1S/C15H19BrN2S2/c1-2-10-3-5-15(17,6-4-10)14-18-12(9-20-14)13-7-11(16)8-19-13/h7-10H,2-6,17H2,1H3. The Morgan fingerprint density at radius 3 is 2.70 bits per heavy atom. The number of nitrogens with zero attached hydrogens (tertiary/aromatic N) is 1.